The number of hydrogen-bond acceptors (Lipinski definition) is 2. The van der Waals surface area contributed by atoms with E-state index in [-0.39, 0.29) is 11.4 Å². The van der Waals surface area contributed by atoms with Crippen LogP contribution in [0.3, 0.4) is 0 Å². The van der Waals surface area contributed by atoms with Gasteiger partial charge in [0.15, 0.2) is 0 Å². The molecule has 0 atom stereocenters. The molecule has 0 spiro atoms. The highest BCUT2D eigenvalue weighted by molar-refractivity contribution is 5.17. The van der Waals surface area contributed by atoms with Crippen molar-refractivity contribution in [1.29, 1.82) is 0 Å². The van der Waals surface area contributed by atoms with Gasteiger partial charge in [0.25, 0.3) is 0 Å². The lowest BCUT2D eigenvalue weighted by Gasteiger charge is -2.52. The lowest BCUT2D eigenvalue weighted by atomic mass is 9.68. The topological polar surface area (TPSA) is 29.3 Å². The molecular weight excluding hydrogens is 215 g/mol. The molecule has 0 aromatic heterocycles. The van der Waals surface area contributed by atoms with E-state index in [0.29, 0.717) is 6.54 Å². The van der Waals surface area contributed by atoms with Crippen LogP contribution in [0, 0.1) is 11.7 Å². The van der Waals surface area contributed by atoms with Crippen LogP contribution < -0.4 is 5.73 Å². The molecule has 0 saturated heterocycles. The fourth-order valence-electron chi connectivity index (χ4n) is 2.95. The van der Waals surface area contributed by atoms with Gasteiger partial charge >= 0.3 is 0 Å². The van der Waals surface area contributed by atoms with Crippen molar-refractivity contribution in [2.45, 2.75) is 31.8 Å². The van der Waals surface area contributed by atoms with Gasteiger partial charge in [-0.1, -0.05) is 19.1 Å². The maximum absolute atomic E-state index is 13.1. The van der Waals surface area contributed by atoms with Crippen molar-refractivity contribution in [1.82, 2.24) is 4.90 Å². The largest absolute Gasteiger partial charge is 0.329 e. The summed E-state index contributed by atoms with van der Waals surface area (Å²) >= 11 is 0. The summed E-state index contributed by atoms with van der Waals surface area (Å²) in [6.07, 6.45) is 2.30. The van der Waals surface area contributed by atoms with Gasteiger partial charge in [0.2, 0.25) is 0 Å². The minimum absolute atomic E-state index is 0.131. The molecule has 17 heavy (non-hydrogen) atoms. The van der Waals surface area contributed by atoms with Crippen LogP contribution in [0.4, 0.5) is 4.39 Å². The van der Waals surface area contributed by atoms with Crippen molar-refractivity contribution in [2.24, 2.45) is 11.7 Å². The summed E-state index contributed by atoms with van der Waals surface area (Å²) in [6.45, 7) is 3.70. The molecular formula is C14H21FN2. The molecule has 1 aromatic carbocycles. The minimum Gasteiger partial charge on any atom is -0.329 e. The number of rotatable bonds is 4. The van der Waals surface area contributed by atoms with Crippen LogP contribution in [0.15, 0.2) is 24.3 Å². The van der Waals surface area contributed by atoms with E-state index in [1.54, 1.807) is 12.1 Å². The second kappa shape index (κ2) is 4.75. The Bertz CT molecular complexity index is 386. The Morgan fingerprint density at radius 2 is 2.18 bits per heavy atom. The van der Waals surface area contributed by atoms with Gasteiger partial charge in [0.1, 0.15) is 5.82 Å². The zero-order chi connectivity index (χ0) is 12.5. The van der Waals surface area contributed by atoms with Gasteiger partial charge in [-0.3, -0.25) is 4.90 Å². The molecule has 0 bridgehead atoms. The number of likely N-dealkylation sites (N-methyl/N-ethyl adjacent to an activating group) is 1. The van der Waals surface area contributed by atoms with Gasteiger partial charge in [-0.25, -0.2) is 4.39 Å². The Balaban J connectivity index is 2.03. The van der Waals surface area contributed by atoms with E-state index in [2.05, 4.69) is 18.9 Å². The molecule has 0 radical (unpaired) electrons. The number of nitrogens with two attached hydrogens (primary N) is 1. The van der Waals surface area contributed by atoms with Crippen LogP contribution >= 0.6 is 0 Å². The van der Waals surface area contributed by atoms with Gasteiger partial charge in [0.05, 0.1) is 0 Å². The predicted molar refractivity (Wildman–Crippen MR) is 68.1 cm³/mol. The summed E-state index contributed by atoms with van der Waals surface area (Å²) in [4.78, 5) is 2.28. The molecule has 94 valence electrons. The van der Waals surface area contributed by atoms with Gasteiger partial charge in [-0.15, -0.1) is 0 Å². The Kier molecular flexibility index (Phi) is 3.50. The number of halogens is 1. The SMILES string of the molecule is CC1CC(CN)(N(C)Cc2cccc(F)c2)C1. The Hall–Kier alpha value is -0.930. The monoisotopic (exact) mass is 236 g/mol. The van der Waals surface area contributed by atoms with Gasteiger partial charge in [0, 0.05) is 18.6 Å². The van der Waals surface area contributed by atoms with E-state index in [1.807, 2.05) is 6.07 Å². The summed E-state index contributed by atoms with van der Waals surface area (Å²) < 4.78 is 13.1. The van der Waals surface area contributed by atoms with Crippen molar-refractivity contribution in [3.8, 4) is 0 Å². The first-order valence-corrected chi connectivity index (χ1v) is 6.21. The van der Waals surface area contributed by atoms with Crippen molar-refractivity contribution >= 4 is 0 Å². The molecule has 2 nitrogen and oxygen atoms in total. The standard InChI is InChI=1S/C14H21FN2/c1-11-7-14(8-11,10-16)17(2)9-12-4-3-5-13(15)6-12/h3-6,11H,7-10,16H2,1-2H3. The van der Waals surface area contributed by atoms with Crippen LogP contribution in [-0.2, 0) is 6.54 Å². The second-order valence-electron chi connectivity index (χ2n) is 5.43. The number of benzene rings is 1. The van der Waals surface area contributed by atoms with Crippen LogP contribution in [-0.4, -0.2) is 24.0 Å². The minimum atomic E-state index is -0.167. The Morgan fingerprint density at radius 3 is 2.71 bits per heavy atom. The first-order valence-electron chi connectivity index (χ1n) is 6.21. The third kappa shape index (κ3) is 2.50. The molecule has 0 amide bonds. The lowest BCUT2D eigenvalue weighted by Crippen LogP contribution is -2.59. The van der Waals surface area contributed by atoms with Crippen molar-refractivity contribution in [3.05, 3.63) is 35.6 Å². The second-order valence-corrected chi connectivity index (χ2v) is 5.43. The Labute approximate surface area is 103 Å². The maximum atomic E-state index is 13.1. The zero-order valence-corrected chi connectivity index (χ0v) is 10.6. The number of hydrogen-bond donors (Lipinski definition) is 1. The fourth-order valence-corrected chi connectivity index (χ4v) is 2.95. The first kappa shape index (κ1) is 12.5. The normalized spacial score (nSPS) is 28.2. The molecule has 0 aliphatic heterocycles. The molecule has 0 unspecified atom stereocenters. The molecule has 1 aromatic rings. The molecule has 2 N–H and O–H groups in total. The van der Waals surface area contributed by atoms with E-state index < -0.39 is 0 Å². The smallest absolute Gasteiger partial charge is 0.123 e. The molecule has 3 heteroatoms. The summed E-state index contributed by atoms with van der Waals surface area (Å²) in [7, 11) is 2.09. The van der Waals surface area contributed by atoms with Crippen LogP contribution in [0.5, 0.6) is 0 Å². The lowest BCUT2D eigenvalue weighted by molar-refractivity contribution is 0.000236. The average Bonchev–Trinajstić information content (AvgIpc) is 2.24. The van der Waals surface area contributed by atoms with Crippen LogP contribution in [0.2, 0.25) is 0 Å². The molecule has 0 heterocycles. The van der Waals surface area contributed by atoms with E-state index in [4.69, 9.17) is 5.73 Å². The van der Waals surface area contributed by atoms with Crippen LogP contribution in [0.25, 0.3) is 0 Å². The van der Waals surface area contributed by atoms with E-state index >= 15 is 0 Å². The molecule has 1 saturated carbocycles. The summed E-state index contributed by atoms with van der Waals surface area (Å²) in [6, 6.07) is 6.80. The Morgan fingerprint density at radius 1 is 1.47 bits per heavy atom. The maximum Gasteiger partial charge on any atom is 0.123 e. The van der Waals surface area contributed by atoms with Crippen molar-refractivity contribution in [2.75, 3.05) is 13.6 Å². The molecule has 1 aliphatic carbocycles. The average molecular weight is 236 g/mol. The van der Waals surface area contributed by atoms with E-state index in [0.717, 1.165) is 30.9 Å². The predicted octanol–water partition coefficient (Wildman–Crippen LogP) is 2.38. The molecule has 1 aliphatic rings. The molecule has 2 rings (SSSR count). The fraction of sp³-hybridized carbons (Fsp3) is 0.571. The van der Waals surface area contributed by atoms with Gasteiger partial charge in [-0.05, 0) is 43.5 Å². The zero-order valence-electron chi connectivity index (χ0n) is 10.6. The third-order valence-electron chi connectivity index (χ3n) is 3.96. The quantitative estimate of drug-likeness (QED) is 0.869. The van der Waals surface area contributed by atoms with E-state index in [1.165, 1.54) is 6.07 Å². The van der Waals surface area contributed by atoms with Gasteiger partial charge in [-0.2, -0.15) is 0 Å². The third-order valence-corrected chi connectivity index (χ3v) is 3.96. The van der Waals surface area contributed by atoms with Crippen LogP contribution in [0.1, 0.15) is 25.3 Å². The summed E-state index contributed by atoms with van der Waals surface area (Å²) in [5, 5.41) is 0. The number of nitrogens with zero attached hydrogens (tertiary/aromatic N) is 1. The van der Waals surface area contributed by atoms with E-state index in [9.17, 15) is 4.39 Å². The summed E-state index contributed by atoms with van der Waals surface area (Å²) in [5.41, 5.74) is 7.04. The highest BCUT2D eigenvalue weighted by atomic mass is 19.1. The molecule has 1 fully saturated rings. The highest BCUT2D eigenvalue weighted by Crippen LogP contribution is 2.41. The summed E-state index contributed by atoms with van der Waals surface area (Å²) in [5.74, 6) is 0.591. The van der Waals surface area contributed by atoms with Gasteiger partial charge < -0.3 is 5.73 Å². The van der Waals surface area contributed by atoms with Crippen molar-refractivity contribution in [3.63, 3.8) is 0 Å². The highest BCUT2D eigenvalue weighted by Gasteiger charge is 2.43. The van der Waals surface area contributed by atoms with Crippen molar-refractivity contribution < 1.29 is 4.39 Å². The first-order chi connectivity index (χ1) is 8.05.